The normalized spacial score (nSPS) is 10.8. The number of carboxylic acids is 1. The van der Waals surface area contributed by atoms with Crippen LogP contribution >= 0.6 is 0 Å². The molecule has 0 radical (unpaired) electrons. The standard InChI is InChI=1S/C12H14N2O2/c1-12(2,11(15)16)14-8-10-5-3-9(7-13)4-6-10/h3-6,14H,8H2,1-2H3,(H,15,16). The molecule has 0 unspecified atom stereocenters. The maximum absolute atomic E-state index is 10.8. The summed E-state index contributed by atoms with van der Waals surface area (Å²) >= 11 is 0. The van der Waals surface area contributed by atoms with Gasteiger partial charge in [0.05, 0.1) is 11.6 Å². The fourth-order valence-corrected chi connectivity index (χ4v) is 1.10. The summed E-state index contributed by atoms with van der Waals surface area (Å²) in [6.07, 6.45) is 0. The zero-order valence-corrected chi connectivity index (χ0v) is 9.32. The van der Waals surface area contributed by atoms with E-state index in [2.05, 4.69) is 5.32 Å². The summed E-state index contributed by atoms with van der Waals surface area (Å²) < 4.78 is 0. The molecule has 0 aromatic heterocycles. The smallest absolute Gasteiger partial charge is 0.323 e. The molecule has 0 aliphatic rings. The summed E-state index contributed by atoms with van der Waals surface area (Å²) in [5.74, 6) is -0.888. The van der Waals surface area contributed by atoms with Gasteiger partial charge in [0.15, 0.2) is 0 Å². The van der Waals surface area contributed by atoms with E-state index in [1.54, 1.807) is 26.0 Å². The van der Waals surface area contributed by atoms with Gasteiger partial charge in [0.1, 0.15) is 5.54 Å². The molecule has 1 rings (SSSR count). The number of hydrogen-bond acceptors (Lipinski definition) is 3. The topological polar surface area (TPSA) is 73.1 Å². The first kappa shape index (κ1) is 12.2. The number of rotatable bonds is 4. The van der Waals surface area contributed by atoms with Gasteiger partial charge in [-0.1, -0.05) is 12.1 Å². The fourth-order valence-electron chi connectivity index (χ4n) is 1.10. The average molecular weight is 218 g/mol. The Balaban J connectivity index is 2.62. The minimum absolute atomic E-state index is 0.463. The van der Waals surface area contributed by atoms with Gasteiger partial charge >= 0.3 is 5.97 Å². The molecule has 4 heteroatoms. The highest BCUT2D eigenvalue weighted by Gasteiger charge is 2.25. The molecule has 0 aliphatic carbocycles. The van der Waals surface area contributed by atoms with Crippen molar-refractivity contribution in [3.63, 3.8) is 0 Å². The molecule has 0 atom stereocenters. The third-order valence-corrected chi connectivity index (χ3v) is 2.35. The molecule has 0 aliphatic heterocycles. The third kappa shape index (κ3) is 3.07. The van der Waals surface area contributed by atoms with E-state index in [0.29, 0.717) is 12.1 Å². The second kappa shape index (κ2) is 4.77. The van der Waals surface area contributed by atoms with Crippen LogP contribution < -0.4 is 5.32 Å². The second-order valence-electron chi connectivity index (χ2n) is 4.09. The molecule has 2 N–H and O–H groups in total. The Morgan fingerprint density at radius 2 is 2.00 bits per heavy atom. The lowest BCUT2D eigenvalue weighted by Gasteiger charge is -2.20. The van der Waals surface area contributed by atoms with Crippen molar-refractivity contribution in [3.05, 3.63) is 35.4 Å². The van der Waals surface area contributed by atoms with Crippen LogP contribution in [0.25, 0.3) is 0 Å². The van der Waals surface area contributed by atoms with E-state index in [1.807, 2.05) is 18.2 Å². The SMILES string of the molecule is CC(C)(NCc1ccc(C#N)cc1)C(=O)O. The van der Waals surface area contributed by atoms with Gasteiger partial charge in [-0.05, 0) is 31.5 Å². The van der Waals surface area contributed by atoms with Crippen LogP contribution in [-0.4, -0.2) is 16.6 Å². The molecule has 0 saturated carbocycles. The van der Waals surface area contributed by atoms with Gasteiger partial charge in [0.25, 0.3) is 0 Å². The predicted molar refractivity (Wildman–Crippen MR) is 59.7 cm³/mol. The molecule has 0 bridgehead atoms. The molecular weight excluding hydrogens is 204 g/mol. The van der Waals surface area contributed by atoms with Gasteiger partial charge in [-0.2, -0.15) is 5.26 Å². The minimum atomic E-state index is -0.950. The van der Waals surface area contributed by atoms with E-state index in [9.17, 15) is 4.79 Å². The number of benzene rings is 1. The Labute approximate surface area is 94.5 Å². The van der Waals surface area contributed by atoms with Gasteiger partial charge in [0, 0.05) is 6.54 Å². The summed E-state index contributed by atoms with van der Waals surface area (Å²) in [5.41, 5.74) is 0.600. The maximum atomic E-state index is 10.8. The summed E-state index contributed by atoms with van der Waals surface area (Å²) in [6.45, 7) is 3.68. The van der Waals surface area contributed by atoms with Gasteiger partial charge in [-0.15, -0.1) is 0 Å². The molecule has 0 heterocycles. The van der Waals surface area contributed by atoms with E-state index >= 15 is 0 Å². The van der Waals surface area contributed by atoms with Crippen molar-refractivity contribution in [1.29, 1.82) is 5.26 Å². The number of nitrogens with one attached hydrogen (secondary N) is 1. The molecule has 4 nitrogen and oxygen atoms in total. The van der Waals surface area contributed by atoms with Gasteiger partial charge in [-0.3, -0.25) is 10.1 Å². The van der Waals surface area contributed by atoms with Crippen LogP contribution in [0.1, 0.15) is 25.0 Å². The molecule has 0 spiro atoms. The molecule has 0 saturated heterocycles. The van der Waals surface area contributed by atoms with Gasteiger partial charge in [-0.25, -0.2) is 0 Å². The van der Waals surface area contributed by atoms with E-state index in [1.165, 1.54) is 0 Å². The second-order valence-corrected chi connectivity index (χ2v) is 4.09. The molecule has 1 aromatic carbocycles. The number of hydrogen-bond donors (Lipinski definition) is 2. The zero-order valence-electron chi connectivity index (χ0n) is 9.32. The Bertz CT molecular complexity index is 416. The largest absolute Gasteiger partial charge is 0.480 e. The number of nitriles is 1. The maximum Gasteiger partial charge on any atom is 0.323 e. The van der Waals surface area contributed by atoms with E-state index in [0.717, 1.165) is 5.56 Å². The van der Waals surface area contributed by atoms with Crippen LogP contribution in [0.5, 0.6) is 0 Å². The monoisotopic (exact) mass is 218 g/mol. The predicted octanol–water partition coefficient (Wildman–Crippen LogP) is 1.51. The van der Waals surface area contributed by atoms with Crippen molar-refractivity contribution in [2.45, 2.75) is 25.9 Å². The van der Waals surface area contributed by atoms with E-state index in [-0.39, 0.29) is 0 Å². The molecular formula is C12H14N2O2. The van der Waals surface area contributed by atoms with Crippen LogP contribution in [0.3, 0.4) is 0 Å². The first-order valence-corrected chi connectivity index (χ1v) is 4.93. The molecule has 1 aromatic rings. The molecule has 0 fully saturated rings. The lowest BCUT2D eigenvalue weighted by Crippen LogP contribution is -2.46. The van der Waals surface area contributed by atoms with Crippen LogP contribution in [0.4, 0.5) is 0 Å². The zero-order chi connectivity index (χ0) is 12.2. The summed E-state index contributed by atoms with van der Waals surface area (Å²) in [5, 5.41) is 20.4. The quantitative estimate of drug-likeness (QED) is 0.803. The van der Waals surface area contributed by atoms with Crippen molar-refractivity contribution >= 4 is 5.97 Å². The van der Waals surface area contributed by atoms with Crippen molar-refractivity contribution in [3.8, 4) is 6.07 Å². The number of carbonyl (C=O) groups is 1. The first-order chi connectivity index (χ1) is 7.45. The number of nitrogens with zero attached hydrogens (tertiary/aromatic N) is 1. The fraction of sp³-hybridized carbons (Fsp3) is 0.333. The Morgan fingerprint density at radius 1 is 1.44 bits per heavy atom. The summed E-state index contributed by atoms with van der Waals surface area (Å²) in [4.78, 5) is 10.8. The first-order valence-electron chi connectivity index (χ1n) is 4.93. The highest BCUT2D eigenvalue weighted by molar-refractivity contribution is 5.77. The van der Waals surface area contributed by atoms with Crippen LogP contribution in [0.2, 0.25) is 0 Å². The van der Waals surface area contributed by atoms with Crippen molar-refractivity contribution in [1.82, 2.24) is 5.32 Å². The Hall–Kier alpha value is -1.86. The summed E-state index contributed by atoms with van der Waals surface area (Å²) in [7, 11) is 0. The lowest BCUT2D eigenvalue weighted by molar-refractivity contribution is -0.143. The van der Waals surface area contributed by atoms with Crippen molar-refractivity contribution < 1.29 is 9.90 Å². The highest BCUT2D eigenvalue weighted by atomic mass is 16.4. The van der Waals surface area contributed by atoms with E-state index in [4.69, 9.17) is 10.4 Å². The number of aliphatic carboxylic acids is 1. The van der Waals surface area contributed by atoms with Crippen molar-refractivity contribution in [2.75, 3.05) is 0 Å². The van der Waals surface area contributed by atoms with E-state index < -0.39 is 11.5 Å². The van der Waals surface area contributed by atoms with Gasteiger partial charge < -0.3 is 5.11 Å². The lowest BCUT2D eigenvalue weighted by atomic mass is 10.1. The third-order valence-electron chi connectivity index (χ3n) is 2.35. The molecule has 16 heavy (non-hydrogen) atoms. The number of carboxylic acid groups (broad SMARTS) is 1. The Kier molecular flexibility index (Phi) is 3.64. The van der Waals surface area contributed by atoms with Crippen LogP contribution in [0, 0.1) is 11.3 Å². The molecule has 0 amide bonds. The molecule has 84 valence electrons. The minimum Gasteiger partial charge on any atom is -0.480 e. The average Bonchev–Trinajstić information content (AvgIpc) is 2.27. The highest BCUT2D eigenvalue weighted by Crippen LogP contribution is 2.07. The summed E-state index contributed by atoms with van der Waals surface area (Å²) in [6, 6.07) is 9.07. The van der Waals surface area contributed by atoms with Crippen LogP contribution in [0.15, 0.2) is 24.3 Å². The van der Waals surface area contributed by atoms with Gasteiger partial charge in [0.2, 0.25) is 0 Å². The Morgan fingerprint density at radius 3 is 2.44 bits per heavy atom. The van der Waals surface area contributed by atoms with Crippen molar-refractivity contribution in [2.24, 2.45) is 0 Å². The van der Waals surface area contributed by atoms with Crippen LogP contribution in [-0.2, 0) is 11.3 Å².